The van der Waals surface area contributed by atoms with Crippen LogP contribution >= 0.6 is 11.6 Å². The lowest BCUT2D eigenvalue weighted by atomic mass is 10.1. The molecule has 1 N–H and O–H groups in total. The molecule has 21 heavy (non-hydrogen) atoms. The summed E-state index contributed by atoms with van der Waals surface area (Å²) < 4.78 is 5.06. The molecule has 3 rings (SSSR count). The maximum absolute atomic E-state index is 10.4. The lowest BCUT2D eigenvalue weighted by Gasteiger charge is -2.25. The largest absolute Gasteiger partial charge is 0.387 e. The average molecular weight is 308 g/mol. The van der Waals surface area contributed by atoms with E-state index in [-0.39, 0.29) is 6.04 Å². The molecule has 0 unspecified atom stereocenters. The quantitative estimate of drug-likeness (QED) is 0.941. The molecule has 1 aromatic carbocycles. The van der Waals surface area contributed by atoms with Crippen molar-refractivity contribution in [2.24, 2.45) is 0 Å². The Morgan fingerprint density at radius 1 is 1.48 bits per heavy atom. The van der Waals surface area contributed by atoms with Gasteiger partial charge in [0, 0.05) is 24.1 Å². The number of rotatable bonds is 4. The number of likely N-dealkylation sites (tertiary alicyclic amines) is 1. The van der Waals surface area contributed by atoms with Crippen LogP contribution in [0.25, 0.3) is 0 Å². The summed E-state index contributed by atoms with van der Waals surface area (Å²) in [5.41, 5.74) is 0.758. The van der Waals surface area contributed by atoms with E-state index in [9.17, 15) is 5.11 Å². The molecule has 112 valence electrons. The number of hydrogen-bond acceptors (Lipinski definition) is 5. The molecular formula is C15H18ClN3O2. The summed E-state index contributed by atoms with van der Waals surface area (Å²) >= 11 is 6.14. The maximum Gasteiger partial charge on any atom is 0.223 e. The predicted molar refractivity (Wildman–Crippen MR) is 79.0 cm³/mol. The summed E-state index contributed by atoms with van der Waals surface area (Å²) in [5.74, 6) is 1.28. The van der Waals surface area contributed by atoms with Crippen molar-refractivity contribution < 1.29 is 9.63 Å². The number of halogens is 1. The van der Waals surface area contributed by atoms with Crippen LogP contribution in [-0.2, 0) is 0 Å². The van der Waals surface area contributed by atoms with Crippen molar-refractivity contribution in [3.8, 4) is 0 Å². The summed E-state index contributed by atoms with van der Waals surface area (Å²) in [6.07, 6.45) is 1.43. The first kappa shape index (κ1) is 14.5. The Balaban J connectivity index is 1.73. The van der Waals surface area contributed by atoms with Gasteiger partial charge in [0.1, 0.15) is 0 Å². The van der Waals surface area contributed by atoms with Gasteiger partial charge in [0.25, 0.3) is 0 Å². The Hall–Kier alpha value is -1.43. The van der Waals surface area contributed by atoms with E-state index in [1.807, 2.05) is 18.2 Å². The van der Waals surface area contributed by atoms with E-state index < -0.39 is 6.10 Å². The Kier molecular flexibility index (Phi) is 4.24. The highest BCUT2D eigenvalue weighted by atomic mass is 35.5. The Labute approximate surface area is 128 Å². The number of aliphatic hydroxyl groups excluding tert-OH is 1. The summed E-state index contributed by atoms with van der Waals surface area (Å²) in [6, 6.07) is 7.51. The van der Waals surface area contributed by atoms with Crippen LogP contribution in [0.5, 0.6) is 0 Å². The van der Waals surface area contributed by atoms with Crippen molar-refractivity contribution in [2.75, 3.05) is 13.1 Å². The number of aliphatic hydroxyl groups is 1. The van der Waals surface area contributed by atoms with E-state index in [0.29, 0.717) is 23.3 Å². The molecule has 0 amide bonds. The van der Waals surface area contributed by atoms with Crippen molar-refractivity contribution in [1.29, 1.82) is 0 Å². The first-order valence-electron chi connectivity index (χ1n) is 7.12. The van der Waals surface area contributed by atoms with Crippen molar-refractivity contribution in [3.05, 3.63) is 46.6 Å². The molecule has 1 fully saturated rings. The van der Waals surface area contributed by atoms with Gasteiger partial charge in [-0.2, -0.15) is 4.98 Å². The minimum absolute atomic E-state index is 0.111. The van der Waals surface area contributed by atoms with E-state index in [4.69, 9.17) is 16.1 Å². The fourth-order valence-electron chi connectivity index (χ4n) is 2.85. The van der Waals surface area contributed by atoms with Crippen molar-refractivity contribution in [3.63, 3.8) is 0 Å². The molecule has 6 heteroatoms. The number of nitrogens with zero attached hydrogens (tertiary/aromatic N) is 3. The normalized spacial score (nSPS) is 20.8. The molecule has 1 aliphatic heterocycles. The Morgan fingerprint density at radius 3 is 3.00 bits per heavy atom. The van der Waals surface area contributed by atoms with Gasteiger partial charge < -0.3 is 9.63 Å². The summed E-state index contributed by atoms with van der Waals surface area (Å²) in [6.45, 7) is 3.22. The summed E-state index contributed by atoms with van der Waals surface area (Å²) in [5, 5.41) is 15.0. The highest BCUT2D eigenvalue weighted by Gasteiger charge is 2.31. The molecule has 2 aromatic rings. The fourth-order valence-corrected chi connectivity index (χ4v) is 3.11. The minimum atomic E-state index is -0.618. The number of aromatic nitrogens is 2. The van der Waals surface area contributed by atoms with Gasteiger partial charge in [0.05, 0.1) is 12.1 Å². The molecule has 0 radical (unpaired) electrons. The highest BCUT2D eigenvalue weighted by molar-refractivity contribution is 6.31. The van der Waals surface area contributed by atoms with Crippen LogP contribution in [0, 0.1) is 6.92 Å². The van der Waals surface area contributed by atoms with Crippen LogP contribution in [0.2, 0.25) is 5.02 Å². The van der Waals surface area contributed by atoms with E-state index in [1.54, 1.807) is 13.0 Å². The van der Waals surface area contributed by atoms with Crippen LogP contribution in [-0.4, -0.2) is 33.2 Å². The maximum atomic E-state index is 10.4. The molecule has 0 aliphatic carbocycles. The molecule has 1 saturated heterocycles. The topological polar surface area (TPSA) is 62.4 Å². The zero-order valence-corrected chi connectivity index (χ0v) is 12.6. The van der Waals surface area contributed by atoms with E-state index in [0.717, 1.165) is 24.9 Å². The minimum Gasteiger partial charge on any atom is -0.387 e. The van der Waals surface area contributed by atoms with Crippen molar-refractivity contribution in [2.45, 2.75) is 31.9 Å². The molecule has 2 atom stereocenters. The zero-order chi connectivity index (χ0) is 14.8. The van der Waals surface area contributed by atoms with Crippen molar-refractivity contribution in [1.82, 2.24) is 15.0 Å². The van der Waals surface area contributed by atoms with E-state index >= 15 is 0 Å². The third-order valence-corrected chi connectivity index (χ3v) is 4.22. The van der Waals surface area contributed by atoms with Crippen LogP contribution in [0.1, 0.15) is 42.3 Å². The van der Waals surface area contributed by atoms with Gasteiger partial charge >= 0.3 is 0 Å². The standard InChI is InChI=1S/C15H18ClN3O2/c1-10-17-15(18-21-10)13-7-4-8-19(13)9-14(20)11-5-2-3-6-12(11)16/h2-3,5-6,13-14,20H,4,7-9H2,1H3/t13-,14+/m0/s1. The number of β-amino-alcohol motifs (C(OH)–C–C–N with tert-alkyl or cyclic N) is 1. The first-order chi connectivity index (χ1) is 10.1. The van der Waals surface area contributed by atoms with E-state index in [2.05, 4.69) is 15.0 Å². The zero-order valence-electron chi connectivity index (χ0n) is 11.9. The van der Waals surface area contributed by atoms with Crippen LogP contribution in [0.15, 0.2) is 28.8 Å². The lowest BCUT2D eigenvalue weighted by Crippen LogP contribution is -2.29. The van der Waals surface area contributed by atoms with Gasteiger partial charge in [0.2, 0.25) is 5.89 Å². The summed E-state index contributed by atoms with van der Waals surface area (Å²) in [7, 11) is 0. The van der Waals surface area contributed by atoms with Crippen LogP contribution in [0.3, 0.4) is 0 Å². The first-order valence-corrected chi connectivity index (χ1v) is 7.49. The van der Waals surface area contributed by atoms with Gasteiger partial charge in [-0.05, 0) is 25.5 Å². The molecule has 0 spiro atoms. The second kappa shape index (κ2) is 6.13. The van der Waals surface area contributed by atoms with Gasteiger partial charge in [0.15, 0.2) is 5.82 Å². The van der Waals surface area contributed by atoms with Crippen LogP contribution in [0.4, 0.5) is 0 Å². The highest BCUT2D eigenvalue weighted by Crippen LogP contribution is 2.33. The SMILES string of the molecule is Cc1nc([C@@H]2CCCN2C[C@@H](O)c2ccccc2Cl)no1. The van der Waals surface area contributed by atoms with Gasteiger partial charge in [-0.1, -0.05) is 35.0 Å². The lowest BCUT2D eigenvalue weighted by molar-refractivity contribution is 0.103. The molecular weight excluding hydrogens is 290 g/mol. The molecule has 2 heterocycles. The third-order valence-electron chi connectivity index (χ3n) is 3.88. The fraction of sp³-hybridized carbons (Fsp3) is 0.467. The second-order valence-electron chi connectivity index (χ2n) is 5.36. The summed E-state index contributed by atoms with van der Waals surface area (Å²) in [4.78, 5) is 6.51. The number of aryl methyl sites for hydroxylation is 1. The molecule has 1 aromatic heterocycles. The molecule has 1 aliphatic rings. The van der Waals surface area contributed by atoms with Gasteiger partial charge in [-0.15, -0.1) is 0 Å². The molecule has 5 nitrogen and oxygen atoms in total. The monoisotopic (exact) mass is 307 g/mol. The van der Waals surface area contributed by atoms with Crippen molar-refractivity contribution >= 4 is 11.6 Å². The van der Waals surface area contributed by atoms with Gasteiger partial charge in [-0.25, -0.2) is 0 Å². The second-order valence-corrected chi connectivity index (χ2v) is 5.77. The predicted octanol–water partition coefficient (Wildman–Crippen LogP) is 2.90. The average Bonchev–Trinajstić information content (AvgIpc) is 3.08. The van der Waals surface area contributed by atoms with Crippen LogP contribution < -0.4 is 0 Å². The third kappa shape index (κ3) is 3.10. The van der Waals surface area contributed by atoms with Gasteiger partial charge in [-0.3, -0.25) is 4.90 Å². The van der Waals surface area contributed by atoms with E-state index in [1.165, 1.54) is 0 Å². The molecule has 0 saturated carbocycles. The number of hydrogen-bond donors (Lipinski definition) is 1. The smallest absolute Gasteiger partial charge is 0.223 e. The Morgan fingerprint density at radius 2 is 2.29 bits per heavy atom. The number of benzene rings is 1. The Bertz CT molecular complexity index is 616. The molecule has 0 bridgehead atoms.